The van der Waals surface area contributed by atoms with Crippen molar-refractivity contribution >= 4 is 22.8 Å². The monoisotopic (exact) mass is 436 g/mol. The highest BCUT2D eigenvalue weighted by atomic mass is 32.1. The first-order valence-corrected chi connectivity index (χ1v) is 10.9. The fraction of sp³-hybridized carbons (Fsp3) is 0.273. The van der Waals surface area contributed by atoms with Crippen LogP contribution in [-0.4, -0.2) is 62.2 Å². The molecule has 7 nitrogen and oxygen atoms in total. The summed E-state index contributed by atoms with van der Waals surface area (Å²) in [6.07, 6.45) is 1.85. The van der Waals surface area contributed by atoms with E-state index in [-0.39, 0.29) is 17.8 Å². The van der Waals surface area contributed by atoms with E-state index in [9.17, 15) is 9.18 Å². The molecule has 31 heavy (non-hydrogen) atoms. The maximum atomic E-state index is 13.6. The summed E-state index contributed by atoms with van der Waals surface area (Å²) in [6, 6.07) is 10.3. The topological polar surface area (TPSA) is 66.6 Å². The van der Waals surface area contributed by atoms with Crippen LogP contribution < -0.4 is 0 Å². The van der Waals surface area contributed by atoms with Crippen molar-refractivity contribution in [3.8, 4) is 11.1 Å². The number of benzene rings is 1. The smallest absolute Gasteiger partial charge is 0.273 e. The molecule has 1 fully saturated rings. The molecule has 0 N–H and O–H groups in total. The van der Waals surface area contributed by atoms with E-state index < -0.39 is 0 Å². The van der Waals surface area contributed by atoms with E-state index in [1.54, 1.807) is 10.6 Å². The van der Waals surface area contributed by atoms with Crippen LogP contribution in [0.3, 0.4) is 0 Å². The van der Waals surface area contributed by atoms with E-state index in [1.165, 1.54) is 23.5 Å². The molecule has 1 atom stereocenters. The number of rotatable bonds is 3. The molecule has 158 valence electrons. The highest BCUT2D eigenvalue weighted by molar-refractivity contribution is 7.09. The van der Waals surface area contributed by atoms with Gasteiger partial charge >= 0.3 is 0 Å². The molecule has 4 heterocycles. The van der Waals surface area contributed by atoms with Crippen molar-refractivity contribution in [1.29, 1.82) is 0 Å². The van der Waals surface area contributed by atoms with E-state index in [0.29, 0.717) is 18.8 Å². The molecule has 0 saturated carbocycles. The van der Waals surface area contributed by atoms with E-state index in [4.69, 9.17) is 0 Å². The Morgan fingerprint density at radius 1 is 1.19 bits per heavy atom. The van der Waals surface area contributed by atoms with Crippen molar-refractivity contribution in [2.24, 2.45) is 0 Å². The van der Waals surface area contributed by atoms with Gasteiger partial charge in [-0.3, -0.25) is 9.69 Å². The first-order valence-electron chi connectivity index (χ1n) is 10.0. The van der Waals surface area contributed by atoms with E-state index in [1.807, 2.05) is 48.6 Å². The summed E-state index contributed by atoms with van der Waals surface area (Å²) in [5, 5.41) is 11.4. The number of hydrogen-bond acceptors (Lipinski definition) is 6. The van der Waals surface area contributed by atoms with Crippen LogP contribution in [0.5, 0.6) is 0 Å². The number of pyridine rings is 1. The lowest BCUT2D eigenvalue weighted by Gasteiger charge is -2.38. The number of hydrogen-bond donors (Lipinski definition) is 0. The second kappa shape index (κ2) is 7.82. The molecule has 1 aliphatic heterocycles. The van der Waals surface area contributed by atoms with Crippen molar-refractivity contribution in [3.63, 3.8) is 0 Å². The minimum absolute atomic E-state index is 0.0488. The number of fused-ring (bicyclic) bond motifs is 1. The van der Waals surface area contributed by atoms with Crippen LogP contribution in [0.4, 0.5) is 4.39 Å². The zero-order valence-corrected chi connectivity index (χ0v) is 18.0. The Morgan fingerprint density at radius 3 is 2.84 bits per heavy atom. The van der Waals surface area contributed by atoms with Gasteiger partial charge in [0.2, 0.25) is 0 Å². The molecule has 5 rings (SSSR count). The number of carbonyl (C=O) groups is 1. The van der Waals surface area contributed by atoms with Gasteiger partial charge in [-0.05, 0) is 37.7 Å². The van der Waals surface area contributed by atoms with Crippen LogP contribution in [0.15, 0.2) is 48.0 Å². The predicted octanol–water partition coefficient (Wildman–Crippen LogP) is 3.43. The van der Waals surface area contributed by atoms with E-state index in [2.05, 4.69) is 20.2 Å². The van der Waals surface area contributed by atoms with Gasteiger partial charge < -0.3 is 4.90 Å². The number of nitrogens with zero attached hydrogens (tertiary/aromatic N) is 6. The molecule has 0 unspecified atom stereocenters. The lowest BCUT2D eigenvalue weighted by molar-refractivity contribution is 0.0537. The van der Waals surface area contributed by atoms with Gasteiger partial charge in [-0.25, -0.2) is 13.9 Å². The molecule has 9 heteroatoms. The third kappa shape index (κ3) is 3.70. The number of likely N-dealkylation sites (N-methyl/N-ethyl adjacent to an activating group) is 1. The van der Waals surface area contributed by atoms with Crippen molar-refractivity contribution in [3.05, 3.63) is 70.2 Å². The molecule has 3 aromatic heterocycles. The second-order valence-electron chi connectivity index (χ2n) is 7.73. The highest BCUT2D eigenvalue weighted by Crippen LogP contribution is 2.28. The largest absolute Gasteiger partial charge is 0.334 e. The molecule has 0 radical (unpaired) electrons. The van der Waals surface area contributed by atoms with Gasteiger partial charge in [-0.1, -0.05) is 23.4 Å². The Balaban J connectivity index is 1.44. The first-order chi connectivity index (χ1) is 15.0. The Hall–Kier alpha value is -3.17. The molecule has 1 aliphatic rings. The molecule has 1 aromatic carbocycles. The molecule has 0 bridgehead atoms. The molecule has 1 amide bonds. The van der Waals surface area contributed by atoms with E-state index >= 15 is 0 Å². The normalized spacial score (nSPS) is 17.4. The maximum absolute atomic E-state index is 13.6. The Kier molecular flexibility index (Phi) is 4.99. The Bertz CT molecular complexity index is 1270. The lowest BCUT2D eigenvalue weighted by Crippen LogP contribution is -2.49. The zero-order valence-electron chi connectivity index (χ0n) is 17.2. The molecular formula is C22H21FN6OS. The Labute approximate surface area is 182 Å². The fourth-order valence-electron chi connectivity index (χ4n) is 3.97. The summed E-state index contributed by atoms with van der Waals surface area (Å²) in [4.78, 5) is 21.3. The third-order valence-corrected chi connectivity index (χ3v) is 6.46. The van der Waals surface area contributed by atoms with E-state index in [0.717, 1.165) is 33.9 Å². The number of aryl methyl sites for hydroxylation is 1. The van der Waals surface area contributed by atoms with Crippen LogP contribution in [-0.2, 0) is 0 Å². The fourth-order valence-corrected chi connectivity index (χ4v) is 4.55. The minimum Gasteiger partial charge on any atom is -0.334 e. The minimum atomic E-state index is -0.277. The van der Waals surface area contributed by atoms with Gasteiger partial charge in [-0.15, -0.1) is 16.4 Å². The summed E-state index contributed by atoms with van der Waals surface area (Å²) >= 11 is 1.48. The maximum Gasteiger partial charge on any atom is 0.273 e. The number of piperazine rings is 1. The molecular weight excluding hydrogens is 415 g/mol. The molecule has 0 aliphatic carbocycles. The van der Waals surface area contributed by atoms with Gasteiger partial charge in [0.05, 0.1) is 16.6 Å². The van der Waals surface area contributed by atoms with Gasteiger partial charge in [0.25, 0.3) is 5.91 Å². The van der Waals surface area contributed by atoms with Crippen LogP contribution in [0.2, 0.25) is 0 Å². The van der Waals surface area contributed by atoms with Crippen LogP contribution in [0, 0.1) is 12.7 Å². The van der Waals surface area contributed by atoms with Gasteiger partial charge in [0.1, 0.15) is 17.2 Å². The molecule has 1 saturated heterocycles. The molecule has 4 aromatic rings. The SMILES string of the molecule is Cc1nc(C(=O)N2CCN(C)[C@H](c3nnn4cc(-c5cccc(F)c5)ccc34)C2)cs1. The van der Waals surface area contributed by atoms with Crippen LogP contribution in [0.25, 0.3) is 16.6 Å². The number of carbonyl (C=O) groups excluding carboxylic acids is 1. The predicted molar refractivity (Wildman–Crippen MR) is 117 cm³/mol. The third-order valence-electron chi connectivity index (χ3n) is 5.69. The standard InChI is InChI=1S/C22H21FN6OS/c1-14-24-18(13-31-14)22(30)28-9-8-27(2)20(12-28)21-19-7-6-16(11-29(19)26-25-21)15-4-3-5-17(23)10-15/h3-7,10-11,13,20H,8-9,12H2,1-2H3/t20-/m0/s1. The average molecular weight is 437 g/mol. The highest BCUT2D eigenvalue weighted by Gasteiger charge is 2.32. The Morgan fingerprint density at radius 2 is 2.06 bits per heavy atom. The van der Waals surface area contributed by atoms with Gasteiger partial charge in [-0.2, -0.15) is 0 Å². The van der Waals surface area contributed by atoms with Crippen molar-refractivity contribution in [2.75, 3.05) is 26.7 Å². The van der Waals surface area contributed by atoms with Crippen LogP contribution >= 0.6 is 11.3 Å². The molecule has 0 spiro atoms. The van der Waals surface area contributed by atoms with Gasteiger partial charge in [0.15, 0.2) is 0 Å². The van der Waals surface area contributed by atoms with Crippen molar-refractivity contribution in [1.82, 2.24) is 29.6 Å². The summed E-state index contributed by atoms with van der Waals surface area (Å²) in [7, 11) is 2.03. The quantitative estimate of drug-likeness (QED) is 0.492. The van der Waals surface area contributed by atoms with Crippen LogP contribution in [0.1, 0.15) is 27.2 Å². The number of aromatic nitrogens is 4. The lowest BCUT2D eigenvalue weighted by atomic mass is 10.1. The number of thiazole rings is 1. The zero-order chi connectivity index (χ0) is 21.5. The second-order valence-corrected chi connectivity index (χ2v) is 8.79. The summed E-state index contributed by atoms with van der Waals surface area (Å²) < 4.78 is 15.3. The first kappa shape index (κ1) is 19.8. The van der Waals surface area contributed by atoms with Crippen molar-refractivity contribution in [2.45, 2.75) is 13.0 Å². The summed E-state index contributed by atoms with van der Waals surface area (Å²) in [5.41, 5.74) is 3.83. The van der Waals surface area contributed by atoms with Crippen molar-refractivity contribution < 1.29 is 9.18 Å². The number of amides is 1. The summed E-state index contributed by atoms with van der Waals surface area (Å²) in [5.74, 6) is -0.326. The number of halogens is 1. The van der Waals surface area contributed by atoms with Gasteiger partial charge in [0, 0.05) is 36.8 Å². The average Bonchev–Trinajstić information content (AvgIpc) is 3.39. The summed E-state index contributed by atoms with van der Waals surface area (Å²) in [6.45, 7) is 3.80.